The summed E-state index contributed by atoms with van der Waals surface area (Å²) in [5.41, 5.74) is 1.15. The summed E-state index contributed by atoms with van der Waals surface area (Å²) in [6.07, 6.45) is 2.74. The van der Waals surface area contributed by atoms with Gasteiger partial charge in [-0.05, 0) is 44.2 Å². The van der Waals surface area contributed by atoms with E-state index in [0.717, 1.165) is 24.9 Å². The first-order valence-electron chi connectivity index (χ1n) is 7.73. The molecule has 1 aromatic rings. The van der Waals surface area contributed by atoms with Gasteiger partial charge in [0.15, 0.2) is 6.61 Å². The second-order valence-electron chi connectivity index (χ2n) is 5.88. The van der Waals surface area contributed by atoms with E-state index in [0.29, 0.717) is 18.7 Å². The highest BCUT2D eigenvalue weighted by atomic mass is 16.5. The van der Waals surface area contributed by atoms with Crippen molar-refractivity contribution in [3.8, 4) is 5.75 Å². The van der Waals surface area contributed by atoms with Gasteiger partial charge in [0.05, 0.1) is 0 Å². The zero-order chi connectivity index (χ0) is 15.9. The molecule has 2 rings (SSSR count). The van der Waals surface area contributed by atoms with Gasteiger partial charge in [0.1, 0.15) is 5.75 Å². The highest BCUT2D eigenvalue weighted by molar-refractivity contribution is 5.77. The van der Waals surface area contributed by atoms with Crippen LogP contribution in [0.2, 0.25) is 0 Å². The largest absolute Gasteiger partial charge is 0.484 e. The fourth-order valence-electron chi connectivity index (χ4n) is 2.73. The number of nitrogens with zero attached hydrogens (tertiary/aromatic N) is 1. The topological polar surface area (TPSA) is 66.8 Å². The lowest BCUT2D eigenvalue weighted by Gasteiger charge is -2.32. The summed E-state index contributed by atoms with van der Waals surface area (Å²) in [6.45, 7) is 3.41. The first kappa shape index (κ1) is 16.3. The lowest BCUT2D eigenvalue weighted by Crippen LogP contribution is -2.42. The summed E-state index contributed by atoms with van der Waals surface area (Å²) >= 11 is 0. The zero-order valence-electron chi connectivity index (χ0n) is 13.0. The maximum absolute atomic E-state index is 12.2. The van der Waals surface area contributed by atoms with Crippen LogP contribution in [0.5, 0.6) is 5.75 Å². The van der Waals surface area contributed by atoms with E-state index in [1.807, 2.05) is 31.2 Å². The van der Waals surface area contributed by atoms with Gasteiger partial charge < -0.3 is 14.7 Å². The maximum atomic E-state index is 12.2. The maximum Gasteiger partial charge on any atom is 0.303 e. The van der Waals surface area contributed by atoms with Crippen molar-refractivity contribution in [3.63, 3.8) is 0 Å². The van der Waals surface area contributed by atoms with Crippen LogP contribution in [0.25, 0.3) is 0 Å². The van der Waals surface area contributed by atoms with Crippen molar-refractivity contribution < 1.29 is 19.4 Å². The fraction of sp³-hybridized carbons (Fsp3) is 0.529. The van der Waals surface area contributed by atoms with Crippen LogP contribution in [0.15, 0.2) is 24.3 Å². The number of carbonyl (C=O) groups excluding carboxylic acids is 1. The first-order chi connectivity index (χ1) is 10.5. The monoisotopic (exact) mass is 305 g/mol. The molecule has 1 unspecified atom stereocenters. The Balaban J connectivity index is 1.78. The summed E-state index contributed by atoms with van der Waals surface area (Å²) in [5.74, 6) is 0.179. The van der Waals surface area contributed by atoms with Crippen LogP contribution in [0.4, 0.5) is 0 Å². The van der Waals surface area contributed by atoms with Crippen molar-refractivity contribution >= 4 is 11.9 Å². The van der Waals surface area contributed by atoms with E-state index in [-0.39, 0.29) is 24.9 Å². The van der Waals surface area contributed by atoms with Crippen LogP contribution in [-0.4, -0.2) is 41.6 Å². The van der Waals surface area contributed by atoms with Crippen molar-refractivity contribution in [1.82, 2.24) is 4.90 Å². The molecule has 22 heavy (non-hydrogen) atoms. The lowest BCUT2D eigenvalue weighted by molar-refractivity contribution is -0.137. The summed E-state index contributed by atoms with van der Waals surface area (Å²) in [4.78, 5) is 24.6. The number of aliphatic carboxylic acids is 1. The van der Waals surface area contributed by atoms with Crippen molar-refractivity contribution in [2.24, 2.45) is 5.92 Å². The van der Waals surface area contributed by atoms with Crippen LogP contribution in [0.3, 0.4) is 0 Å². The molecule has 1 atom stereocenters. The lowest BCUT2D eigenvalue weighted by atomic mass is 9.93. The second-order valence-corrected chi connectivity index (χ2v) is 5.88. The van der Waals surface area contributed by atoms with Gasteiger partial charge in [0.25, 0.3) is 5.91 Å². The Morgan fingerprint density at radius 1 is 1.32 bits per heavy atom. The number of ether oxygens (including phenoxy) is 1. The van der Waals surface area contributed by atoms with Gasteiger partial charge in [-0.15, -0.1) is 0 Å². The molecule has 1 N–H and O–H groups in total. The van der Waals surface area contributed by atoms with Crippen LogP contribution < -0.4 is 4.74 Å². The van der Waals surface area contributed by atoms with Gasteiger partial charge in [-0.2, -0.15) is 0 Å². The molecule has 0 bridgehead atoms. The Morgan fingerprint density at radius 3 is 2.73 bits per heavy atom. The Morgan fingerprint density at radius 2 is 2.05 bits per heavy atom. The first-order valence-corrected chi connectivity index (χ1v) is 7.73. The summed E-state index contributed by atoms with van der Waals surface area (Å²) in [6, 6.07) is 7.61. The standard InChI is InChI=1S/C17H23NO4/c1-13-4-7-15(8-5-13)22-12-16(19)18-10-2-3-14(11-18)6-9-17(20)21/h4-5,7-8,14H,2-3,6,9-12H2,1H3,(H,20,21). The van der Waals surface area contributed by atoms with Crippen molar-refractivity contribution in [3.05, 3.63) is 29.8 Å². The van der Waals surface area contributed by atoms with Gasteiger partial charge in [0, 0.05) is 19.5 Å². The number of hydrogen-bond acceptors (Lipinski definition) is 3. The number of likely N-dealkylation sites (tertiary alicyclic amines) is 1. The third-order valence-corrected chi connectivity index (χ3v) is 4.02. The van der Waals surface area contributed by atoms with Gasteiger partial charge >= 0.3 is 5.97 Å². The third-order valence-electron chi connectivity index (χ3n) is 4.02. The number of benzene rings is 1. The molecule has 0 radical (unpaired) electrons. The predicted molar refractivity (Wildman–Crippen MR) is 82.8 cm³/mol. The van der Waals surface area contributed by atoms with Crippen LogP contribution in [0, 0.1) is 12.8 Å². The minimum Gasteiger partial charge on any atom is -0.484 e. The number of amides is 1. The van der Waals surface area contributed by atoms with Crippen LogP contribution >= 0.6 is 0 Å². The van der Waals surface area contributed by atoms with E-state index in [1.54, 1.807) is 4.90 Å². The van der Waals surface area contributed by atoms with E-state index < -0.39 is 5.97 Å². The van der Waals surface area contributed by atoms with Crippen molar-refractivity contribution in [2.75, 3.05) is 19.7 Å². The van der Waals surface area contributed by atoms with E-state index in [9.17, 15) is 9.59 Å². The molecule has 1 aromatic carbocycles. The molecule has 1 saturated heterocycles. The van der Waals surface area contributed by atoms with Gasteiger partial charge in [-0.25, -0.2) is 0 Å². The molecular formula is C17H23NO4. The van der Waals surface area contributed by atoms with E-state index in [2.05, 4.69) is 0 Å². The highest BCUT2D eigenvalue weighted by Gasteiger charge is 2.24. The Labute approximate surface area is 130 Å². The quantitative estimate of drug-likeness (QED) is 0.877. The molecule has 120 valence electrons. The molecule has 1 fully saturated rings. The van der Waals surface area contributed by atoms with Gasteiger partial charge in [-0.3, -0.25) is 9.59 Å². The van der Waals surface area contributed by atoms with Gasteiger partial charge in [-0.1, -0.05) is 17.7 Å². The summed E-state index contributed by atoms with van der Waals surface area (Å²) in [7, 11) is 0. The van der Waals surface area contributed by atoms with Gasteiger partial charge in [0.2, 0.25) is 0 Å². The Hall–Kier alpha value is -2.04. The SMILES string of the molecule is Cc1ccc(OCC(=O)N2CCCC(CCC(=O)O)C2)cc1. The Bertz CT molecular complexity index is 512. The summed E-state index contributed by atoms with van der Waals surface area (Å²) in [5, 5.41) is 8.75. The molecule has 1 amide bonds. The number of rotatable bonds is 6. The number of piperidine rings is 1. The van der Waals surface area contributed by atoms with Crippen LogP contribution in [0.1, 0.15) is 31.2 Å². The average molecular weight is 305 g/mol. The van der Waals surface area contributed by atoms with E-state index >= 15 is 0 Å². The molecular weight excluding hydrogens is 282 g/mol. The molecule has 0 aromatic heterocycles. The molecule has 5 nitrogen and oxygen atoms in total. The predicted octanol–water partition coefficient (Wildman–Crippen LogP) is 2.48. The van der Waals surface area contributed by atoms with E-state index in [4.69, 9.17) is 9.84 Å². The minimum absolute atomic E-state index is 0.0272. The number of carboxylic acids is 1. The second kappa shape index (κ2) is 7.82. The minimum atomic E-state index is -0.772. The molecule has 1 aliphatic heterocycles. The zero-order valence-corrected chi connectivity index (χ0v) is 13.0. The Kier molecular flexibility index (Phi) is 5.81. The molecule has 0 saturated carbocycles. The van der Waals surface area contributed by atoms with Crippen molar-refractivity contribution in [1.29, 1.82) is 0 Å². The molecule has 0 spiro atoms. The molecule has 1 aliphatic rings. The number of carboxylic acid groups (broad SMARTS) is 1. The molecule has 5 heteroatoms. The number of hydrogen-bond donors (Lipinski definition) is 1. The van der Waals surface area contributed by atoms with E-state index in [1.165, 1.54) is 0 Å². The highest BCUT2D eigenvalue weighted by Crippen LogP contribution is 2.21. The molecule has 1 heterocycles. The third kappa shape index (κ3) is 5.06. The normalized spacial score (nSPS) is 18.0. The smallest absolute Gasteiger partial charge is 0.303 e. The number of carbonyl (C=O) groups is 2. The fourth-order valence-corrected chi connectivity index (χ4v) is 2.73. The summed E-state index contributed by atoms with van der Waals surface area (Å²) < 4.78 is 5.52. The molecule has 0 aliphatic carbocycles. The average Bonchev–Trinajstić information content (AvgIpc) is 2.52. The number of aryl methyl sites for hydroxylation is 1. The van der Waals surface area contributed by atoms with Crippen LogP contribution in [-0.2, 0) is 9.59 Å². The van der Waals surface area contributed by atoms with Crippen molar-refractivity contribution in [2.45, 2.75) is 32.6 Å².